The molecule has 0 saturated carbocycles. The standard InChI is InChI=1S/C11H14ClN.C2H6/c12-11-3-1-9(2-4-11)10-5-7-13-8-6-10;1-2/h1-4,10,13H,5-8H2;1-2H3. The summed E-state index contributed by atoms with van der Waals surface area (Å²) in [6.45, 7) is 6.29. The van der Waals surface area contributed by atoms with Gasteiger partial charge in [0.15, 0.2) is 0 Å². The lowest BCUT2D eigenvalue weighted by Gasteiger charge is -2.22. The molecule has 1 saturated heterocycles. The van der Waals surface area contributed by atoms with Gasteiger partial charge in [-0.15, -0.1) is 0 Å². The minimum Gasteiger partial charge on any atom is -0.317 e. The number of piperidine rings is 1. The minimum absolute atomic E-state index is 0.735. The van der Waals surface area contributed by atoms with Crippen molar-refractivity contribution in [1.82, 2.24) is 5.32 Å². The fraction of sp³-hybridized carbons (Fsp3) is 0.538. The molecule has 1 aliphatic heterocycles. The van der Waals surface area contributed by atoms with Crippen molar-refractivity contribution in [3.8, 4) is 0 Å². The van der Waals surface area contributed by atoms with E-state index in [0.717, 1.165) is 24.0 Å². The van der Waals surface area contributed by atoms with Crippen LogP contribution in [0.4, 0.5) is 0 Å². The van der Waals surface area contributed by atoms with Gasteiger partial charge in [-0.05, 0) is 49.5 Å². The Balaban J connectivity index is 0.000000531. The first-order chi connectivity index (χ1) is 7.36. The van der Waals surface area contributed by atoms with Crippen LogP contribution in [0.15, 0.2) is 24.3 Å². The SMILES string of the molecule is CC.Clc1ccc(C2CCNCC2)cc1. The molecular formula is C13H20ClN. The van der Waals surface area contributed by atoms with E-state index in [1.807, 2.05) is 26.0 Å². The molecule has 0 aliphatic carbocycles. The summed E-state index contributed by atoms with van der Waals surface area (Å²) in [5, 5.41) is 4.20. The summed E-state index contributed by atoms with van der Waals surface area (Å²) in [6, 6.07) is 8.27. The highest BCUT2D eigenvalue weighted by molar-refractivity contribution is 6.30. The highest BCUT2D eigenvalue weighted by Crippen LogP contribution is 2.25. The van der Waals surface area contributed by atoms with E-state index in [1.165, 1.54) is 18.4 Å². The number of hydrogen-bond acceptors (Lipinski definition) is 1. The van der Waals surface area contributed by atoms with Gasteiger partial charge in [-0.25, -0.2) is 0 Å². The Hall–Kier alpha value is -0.530. The van der Waals surface area contributed by atoms with Crippen molar-refractivity contribution in [3.63, 3.8) is 0 Å². The zero-order chi connectivity index (χ0) is 11.1. The number of rotatable bonds is 1. The summed E-state index contributed by atoms with van der Waals surface area (Å²) in [7, 11) is 0. The molecule has 0 aromatic heterocycles. The average Bonchev–Trinajstić information content (AvgIpc) is 2.34. The predicted molar refractivity (Wildman–Crippen MR) is 67.6 cm³/mol. The molecule has 0 radical (unpaired) electrons. The van der Waals surface area contributed by atoms with Crippen LogP contribution < -0.4 is 5.32 Å². The second kappa shape index (κ2) is 6.86. The molecule has 1 N–H and O–H groups in total. The zero-order valence-corrected chi connectivity index (χ0v) is 10.3. The Morgan fingerprint density at radius 3 is 2.13 bits per heavy atom. The topological polar surface area (TPSA) is 12.0 Å². The Labute approximate surface area is 97.8 Å². The van der Waals surface area contributed by atoms with Crippen molar-refractivity contribution in [1.29, 1.82) is 0 Å². The van der Waals surface area contributed by atoms with Gasteiger partial charge in [-0.1, -0.05) is 37.6 Å². The van der Waals surface area contributed by atoms with E-state index < -0.39 is 0 Å². The Bertz CT molecular complexity index is 262. The molecule has 0 spiro atoms. The molecule has 0 bridgehead atoms. The van der Waals surface area contributed by atoms with Crippen molar-refractivity contribution in [3.05, 3.63) is 34.9 Å². The third-order valence-electron chi connectivity index (χ3n) is 2.68. The highest BCUT2D eigenvalue weighted by atomic mass is 35.5. The highest BCUT2D eigenvalue weighted by Gasteiger charge is 2.14. The molecule has 1 nitrogen and oxygen atoms in total. The molecule has 0 unspecified atom stereocenters. The van der Waals surface area contributed by atoms with Gasteiger partial charge in [0.05, 0.1) is 0 Å². The average molecular weight is 226 g/mol. The van der Waals surface area contributed by atoms with Crippen LogP contribution in [-0.4, -0.2) is 13.1 Å². The minimum atomic E-state index is 0.735. The summed E-state index contributed by atoms with van der Waals surface area (Å²) in [6.07, 6.45) is 2.50. The number of halogens is 1. The molecule has 1 aromatic rings. The first-order valence-corrected chi connectivity index (χ1v) is 6.20. The molecule has 1 heterocycles. The summed E-state index contributed by atoms with van der Waals surface area (Å²) in [5.41, 5.74) is 1.44. The molecule has 15 heavy (non-hydrogen) atoms. The van der Waals surface area contributed by atoms with Gasteiger partial charge in [0, 0.05) is 5.02 Å². The van der Waals surface area contributed by atoms with Crippen molar-refractivity contribution < 1.29 is 0 Å². The van der Waals surface area contributed by atoms with Crippen LogP contribution >= 0.6 is 11.6 Å². The molecule has 2 rings (SSSR count). The van der Waals surface area contributed by atoms with Crippen LogP contribution in [0.5, 0.6) is 0 Å². The van der Waals surface area contributed by atoms with Crippen LogP contribution in [0.1, 0.15) is 38.2 Å². The normalized spacial score (nSPS) is 16.7. The Kier molecular flexibility index (Phi) is 5.74. The first kappa shape index (κ1) is 12.5. The van der Waals surface area contributed by atoms with Crippen LogP contribution in [0, 0.1) is 0 Å². The lowest BCUT2D eigenvalue weighted by atomic mass is 9.90. The predicted octanol–water partition coefficient (Wildman–Crippen LogP) is 3.83. The Morgan fingerprint density at radius 2 is 1.60 bits per heavy atom. The molecule has 0 atom stereocenters. The Morgan fingerprint density at radius 1 is 1.07 bits per heavy atom. The third kappa shape index (κ3) is 3.84. The number of benzene rings is 1. The van der Waals surface area contributed by atoms with Crippen LogP contribution in [0.25, 0.3) is 0 Å². The molecule has 0 amide bonds. The van der Waals surface area contributed by atoms with E-state index >= 15 is 0 Å². The van der Waals surface area contributed by atoms with E-state index in [1.54, 1.807) is 0 Å². The van der Waals surface area contributed by atoms with E-state index in [9.17, 15) is 0 Å². The smallest absolute Gasteiger partial charge is 0.0406 e. The lowest BCUT2D eigenvalue weighted by Crippen LogP contribution is -2.26. The van der Waals surface area contributed by atoms with Crippen LogP contribution in [0.2, 0.25) is 5.02 Å². The van der Waals surface area contributed by atoms with Gasteiger partial charge in [0.2, 0.25) is 0 Å². The van der Waals surface area contributed by atoms with Crippen molar-refractivity contribution >= 4 is 11.6 Å². The fourth-order valence-electron chi connectivity index (χ4n) is 1.89. The summed E-state index contributed by atoms with van der Waals surface area (Å²) >= 11 is 5.84. The van der Waals surface area contributed by atoms with Crippen molar-refractivity contribution in [2.45, 2.75) is 32.6 Å². The van der Waals surface area contributed by atoms with Crippen LogP contribution in [0.3, 0.4) is 0 Å². The van der Waals surface area contributed by atoms with Crippen molar-refractivity contribution in [2.24, 2.45) is 0 Å². The van der Waals surface area contributed by atoms with Gasteiger partial charge in [-0.3, -0.25) is 0 Å². The molecule has 1 aliphatic rings. The van der Waals surface area contributed by atoms with Gasteiger partial charge >= 0.3 is 0 Å². The first-order valence-electron chi connectivity index (χ1n) is 5.82. The lowest BCUT2D eigenvalue weighted by molar-refractivity contribution is 0.460. The largest absolute Gasteiger partial charge is 0.317 e. The van der Waals surface area contributed by atoms with E-state index in [2.05, 4.69) is 17.4 Å². The van der Waals surface area contributed by atoms with E-state index in [-0.39, 0.29) is 0 Å². The van der Waals surface area contributed by atoms with Gasteiger partial charge in [0.1, 0.15) is 0 Å². The maximum absolute atomic E-state index is 5.84. The maximum atomic E-state index is 5.84. The second-order valence-electron chi connectivity index (χ2n) is 3.58. The zero-order valence-electron chi connectivity index (χ0n) is 9.59. The van der Waals surface area contributed by atoms with Crippen LogP contribution in [-0.2, 0) is 0 Å². The summed E-state index contributed by atoms with van der Waals surface area (Å²) in [5.74, 6) is 0.735. The number of nitrogens with one attached hydrogen (secondary N) is 1. The van der Waals surface area contributed by atoms with Crippen molar-refractivity contribution in [2.75, 3.05) is 13.1 Å². The molecule has 1 fully saturated rings. The van der Waals surface area contributed by atoms with Gasteiger partial charge in [0.25, 0.3) is 0 Å². The van der Waals surface area contributed by atoms with Gasteiger partial charge in [-0.2, -0.15) is 0 Å². The molecule has 2 heteroatoms. The second-order valence-corrected chi connectivity index (χ2v) is 4.01. The van der Waals surface area contributed by atoms with E-state index in [4.69, 9.17) is 11.6 Å². The maximum Gasteiger partial charge on any atom is 0.0406 e. The summed E-state index contributed by atoms with van der Waals surface area (Å²) < 4.78 is 0. The number of hydrogen-bond donors (Lipinski definition) is 1. The third-order valence-corrected chi connectivity index (χ3v) is 2.93. The fourth-order valence-corrected chi connectivity index (χ4v) is 2.02. The summed E-state index contributed by atoms with van der Waals surface area (Å²) in [4.78, 5) is 0. The molecule has 1 aromatic carbocycles. The van der Waals surface area contributed by atoms with E-state index in [0.29, 0.717) is 0 Å². The quantitative estimate of drug-likeness (QED) is 0.766. The van der Waals surface area contributed by atoms with Gasteiger partial charge < -0.3 is 5.32 Å². The molecular weight excluding hydrogens is 206 g/mol. The monoisotopic (exact) mass is 225 g/mol. The molecule has 84 valence electrons.